The van der Waals surface area contributed by atoms with Crippen molar-refractivity contribution < 1.29 is 39.5 Å². The number of aliphatic hydroxyl groups excluding tert-OH is 3. The van der Waals surface area contributed by atoms with Gasteiger partial charge in [-0.25, -0.2) is 4.79 Å². The predicted molar refractivity (Wildman–Crippen MR) is 124 cm³/mol. The van der Waals surface area contributed by atoms with E-state index in [9.17, 15) is 30.0 Å². The van der Waals surface area contributed by atoms with Crippen LogP contribution in [0.1, 0.15) is 50.9 Å². The second-order valence-electron chi connectivity index (χ2n) is 11.1. The summed E-state index contributed by atoms with van der Waals surface area (Å²) in [7, 11) is 0. The first-order valence-electron chi connectivity index (χ1n) is 12.0. The summed E-state index contributed by atoms with van der Waals surface area (Å²) >= 11 is 0. The van der Waals surface area contributed by atoms with E-state index in [2.05, 4.69) is 0 Å². The fraction of sp³-hybridized carbons (Fsp3) is 0.556. The van der Waals surface area contributed by atoms with Crippen molar-refractivity contribution in [2.45, 2.75) is 76.7 Å². The molecule has 2 fully saturated rings. The summed E-state index contributed by atoms with van der Waals surface area (Å²) in [6, 6.07) is 8.31. The summed E-state index contributed by atoms with van der Waals surface area (Å²) in [6.07, 6.45) is -4.42. The molecule has 1 aromatic carbocycles. The van der Waals surface area contributed by atoms with Crippen LogP contribution in [0.2, 0.25) is 0 Å². The molecule has 1 heterocycles. The van der Waals surface area contributed by atoms with Crippen LogP contribution in [-0.4, -0.2) is 68.3 Å². The molecule has 0 spiro atoms. The summed E-state index contributed by atoms with van der Waals surface area (Å²) in [5, 5.41) is 46.0. The largest absolute Gasteiger partial charge is 0.493 e. The lowest BCUT2D eigenvalue weighted by molar-refractivity contribution is -0.219. The molecule has 8 nitrogen and oxygen atoms in total. The molecule has 8 atom stereocenters. The fourth-order valence-electron chi connectivity index (χ4n) is 6.78. The number of carbonyl (C=O) groups is 2. The van der Waals surface area contributed by atoms with Gasteiger partial charge in [0, 0.05) is 29.7 Å². The molecule has 0 radical (unpaired) electrons. The van der Waals surface area contributed by atoms with Gasteiger partial charge in [-0.2, -0.15) is 0 Å². The number of hydrogen-bond acceptors (Lipinski definition) is 8. The molecule has 4 N–H and O–H groups in total. The molecular formula is C27H32O8. The molecule has 8 heteroatoms. The maximum Gasteiger partial charge on any atom is 0.338 e. The van der Waals surface area contributed by atoms with Crippen molar-refractivity contribution in [1.82, 2.24) is 0 Å². The molecule has 5 rings (SSSR count). The zero-order valence-corrected chi connectivity index (χ0v) is 20.3. The number of fused-ring (bicyclic) bond motifs is 5. The van der Waals surface area contributed by atoms with Gasteiger partial charge < -0.3 is 29.9 Å². The zero-order valence-electron chi connectivity index (χ0n) is 20.3. The van der Waals surface area contributed by atoms with Gasteiger partial charge in [-0.05, 0) is 37.1 Å². The Morgan fingerprint density at radius 3 is 2.37 bits per heavy atom. The monoisotopic (exact) mass is 484 g/mol. The highest BCUT2D eigenvalue weighted by molar-refractivity contribution is 5.94. The van der Waals surface area contributed by atoms with E-state index in [1.807, 2.05) is 0 Å². The van der Waals surface area contributed by atoms with Gasteiger partial charge in [-0.15, -0.1) is 0 Å². The number of esters is 1. The maximum atomic E-state index is 14.0. The number of hydrogen-bond donors (Lipinski definition) is 4. The topological polar surface area (TPSA) is 134 Å². The zero-order chi connectivity index (χ0) is 25.5. The normalized spacial score (nSPS) is 41.8. The molecule has 0 aromatic heterocycles. The average molecular weight is 485 g/mol. The number of rotatable bonds is 2. The van der Waals surface area contributed by atoms with Gasteiger partial charge in [0.15, 0.2) is 5.78 Å². The average Bonchev–Trinajstić information content (AvgIpc) is 2.80. The maximum absolute atomic E-state index is 14.0. The van der Waals surface area contributed by atoms with E-state index >= 15 is 0 Å². The van der Waals surface area contributed by atoms with Gasteiger partial charge in [-0.1, -0.05) is 32.0 Å². The molecule has 2 saturated carbocycles. The Labute approximate surface area is 203 Å². The van der Waals surface area contributed by atoms with Crippen molar-refractivity contribution in [3.8, 4) is 0 Å². The van der Waals surface area contributed by atoms with Crippen LogP contribution in [0.25, 0.3) is 0 Å². The van der Waals surface area contributed by atoms with Crippen LogP contribution >= 0.6 is 0 Å². The number of ketones is 1. The number of aliphatic hydroxyl groups is 4. The number of ether oxygens (including phenoxy) is 2. The summed E-state index contributed by atoms with van der Waals surface area (Å²) < 4.78 is 11.6. The molecule has 35 heavy (non-hydrogen) atoms. The highest BCUT2D eigenvalue weighted by atomic mass is 16.6. The van der Waals surface area contributed by atoms with Gasteiger partial charge in [0.25, 0.3) is 0 Å². The second kappa shape index (κ2) is 7.74. The van der Waals surface area contributed by atoms with Crippen LogP contribution in [-0.2, 0) is 14.3 Å². The molecule has 1 aliphatic heterocycles. The van der Waals surface area contributed by atoms with E-state index in [4.69, 9.17) is 9.47 Å². The smallest absolute Gasteiger partial charge is 0.338 e. The van der Waals surface area contributed by atoms with Crippen LogP contribution in [0.4, 0.5) is 0 Å². The van der Waals surface area contributed by atoms with Gasteiger partial charge >= 0.3 is 5.97 Å². The molecule has 2 bridgehead atoms. The molecule has 188 valence electrons. The van der Waals surface area contributed by atoms with E-state index in [0.717, 1.165) is 0 Å². The summed E-state index contributed by atoms with van der Waals surface area (Å²) in [6.45, 7) is 6.54. The molecule has 0 unspecified atom stereocenters. The fourth-order valence-corrected chi connectivity index (χ4v) is 6.78. The number of carbonyl (C=O) groups excluding carboxylic acids is 2. The van der Waals surface area contributed by atoms with E-state index in [1.54, 1.807) is 58.0 Å². The van der Waals surface area contributed by atoms with E-state index in [0.29, 0.717) is 11.1 Å². The van der Waals surface area contributed by atoms with Crippen molar-refractivity contribution in [3.05, 3.63) is 58.9 Å². The molecular weight excluding hydrogens is 452 g/mol. The Kier molecular flexibility index (Phi) is 5.35. The lowest BCUT2D eigenvalue weighted by atomic mass is 9.47. The summed E-state index contributed by atoms with van der Waals surface area (Å²) in [5.74, 6) is -2.31. The van der Waals surface area contributed by atoms with Crippen molar-refractivity contribution in [2.75, 3.05) is 0 Å². The van der Waals surface area contributed by atoms with Crippen molar-refractivity contribution in [2.24, 2.45) is 16.7 Å². The first kappa shape index (κ1) is 24.2. The van der Waals surface area contributed by atoms with E-state index in [1.165, 1.54) is 6.26 Å². The third-order valence-corrected chi connectivity index (χ3v) is 9.13. The first-order chi connectivity index (χ1) is 16.4. The highest BCUT2D eigenvalue weighted by Gasteiger charge is 2.70. The Hall–Kier alpha value is -2.52. The van der Waals surface area contributed by atoms with Crippen LogP contribution in [0.15, 0.2) is 53.3 Å². The van der Waals surface area contributed by atoms with Crippen LogP contribution in [0.5, 0.6) is 0 Å². The quantitative estimate of drug-likeness (QED) is 0.368. The van der Waals surface area contributed by atoms with E-state index in [-0.39, 0.29) is 24.0 Å². The van der Waals surface area contributed by atoms with Gasteiger partial charge in [0.1, 0.15) is 23.9 Å². The SMILES string of the molecule is CC1=C2[C@@H](O)C(=O)[C@]3(C)[C@@H](O)C[C@H]4OC=C4[C@H]3[C@H](OC(=O)c3ccccc3)[C@](O)(C[C@@H]1O)C2(C)C. The van der Waals surface area contributed by atoms with Gasteiger partial charge in [0.05, 0.1) is 29.4 Å². The van der Waals surface area contributed by atoms with Crippen molar-refractivity contribution in [3.63, 3.8) is 0 Å². The van der Waals surface area contributed by atoms with Crippen LogP contribution in [0, 0.1) is 16.7 Å². The summed E-state index contributed by atoms with van der Waals surface area (Å²) in [4.78, 5) is 27.3. The Bertz CT molecular complexity index is 1140. The third-order valence-electron chi connectivity index (χ3n) is 9.13. The standard InChI is InChI=1S/C27H32O8/c1-13-16(28)11-27(33)23(35-24(32)14-8-6-5-7-9-14)20-15-12-34-17(15)10-18(29)26(20,4)22(31)21(30)19(13)25(27,2)3/h5-9,12,16-18,20-21,23,28-30,33H,10-11H2,1-4H3/t16-,17+,18-,20-,21+,23-,26+,27+/m0/s1. The van der Waals surface area contributed by atoms with Crippen LogP contribution < -0.4 is 0 Å². The lowest BCUT2D eigenvalue weighted by Crippen LogP contribution is -2.72. The Morgan fingerprint density at radius 2 is 1.77 bits per heavy atom. The molecule has 1 aromatic rings. The molecule has 0 amide bonds. The van der Waals surface area contributed by atoms with Gasteiger partial charge in [0.2, 0.25) is 0 Å². The minimum atomic E-state index is -1.88. The Balaban J connectivity index is 1.76. The highest BCUT2D eigenvalue weighted by Crippen LogP contribution is 2.61. The predicted octanol–water partition coefficient (Wildman–Crippen LogP) is 1.66. The van der Waals surface area contributed by atoms with Gasteiger partial charge in [-0.3, -0.25) is 4.79 Å². The minimum Gasteiger partial charge on any atom is -0.493 e. The molecule has 0 saturated heterocycles. The molecule has 3 aliphatic carbocycles. The lowest BCUT2D eigenvalue weighted by Gasteiger charge is -2.62. The Morgan fingerprint density at radius 1 is 1.11 bits per heavy atom. The molecule has 4 aliphatic rings. The van der Waals surface area contributed by atoms with Crippen molar-refractivity contribution in [1.29, 1.82) is 0 Å². The third kappa shape index (κ3) is 3.06. The van der Waals surface area contributed by atoms with Crippen LogP contribution in [0.3, 0.4) is 0 Å². The summed E-state index contributed by atoms with van der Waals surface area (Å²) in [5.41, 5.74) is -3.22. The number of benzene rings is 1. The van der Waals surface area contributed by atoms with E-state index < -0.39 is 64.6 Å². The van der Waals surface area contributed by atoms with Crippen molar-refractivity contribution >= 4 is 11.8 Å². The first-order valence-corrected chi connectivity index (χ1v) is 12.0. The minimum absolute atomic E-state index is 0.138. The number of Topliss-reactive ketones (excluding diaryl/α,β-unsaturated/α-hetero) is 1. The second-order valence-corrected chi connectivity index (χ2v) is 11.1.